The molecule has 1 aromatic heterocycles. The average molecular weight is 189 g/mol. The van der Waals surface area contributed by atoms with Gasteiger partial charge in [-0.3, -0.25) is 9.78 Å². The first-order valence-electron chi connectivity index (χ1n) is 4.28. The number of carbonyl (C=O) groups excluding carboxylic acids is 1. The second-order valence-corrected chi connectivity index (χ2v) is 2.87. The first-order chi connectivity index (χ1) is 6.75. The summed E-state index contributed by atoms with van der Waals surface area (Å²) in [5.41, 5.74) is 0.598. The predicted octanol–water partition coefficient (Wildman–Crippen LogP) is 1.07. The molecular weight excluding hydrogens is 178 g/mol. The number of rotatable bonds is 3. The zero-order valence-corrected chi connectivity index (χ0v) is 7.97. The summed E-state index contributed by atoms with van der Waals surface area (Å²) in [6.45, 7) is 0.456. The normalized spacial score (nSPS) is 9.14. The van der Waals surface area contributed by atoms with Gasteiger partial charge < -0.3 is 4.90 Å². The molecular formula is C10H11N3O. The van der Waals surface area contributed by atoms with E-state index in [0.717, 1.165) is 0 Å². The van der Waals surface area contributed by atoms with Gasteiger partial charge in [0.1, 0.15) is 0 Å². The fourth-order valence-corrected chi connectivity index (χ4v) is 1.03. The van der Waals surface area contributed by atoms with Crippen molar-refractivity contribution >= 4 is 5.91 Å². The number of nitrogens with zero attached hydrogens (tertiary/aromatic N) is 3. The van der Waals surface area contributed by atoms with Crippen LogP contribution in [-0.4, -0.2) is 29.4 Å². The molecule has 1 aromatic rings. The third-order valence-corrected chi connectivity index (χ3v) is 1.83. The van der Waals surface area contributed by atoms with Crippen molar-refractivity contribution in [3.05, 3.63) is 30.1 Å². The van der Waals surface area contributed by atoms with Crippen molar-refractivity contribution < 1.29 is 4.79 Å². The molecule has 0 saturated carbocycles. The fourth-order valence-electron chi connectivity index (χ4n) is 1.03. The highest BCUT2D eigenvalue weighted by atomic mass is 16.2. The van der Waals surface area contributed by atoms with Crippen LogP contribution in [0.1, 0.15) is 16.8 Å². The predicted molar refractivity (Wildman–Crippen MR) is 51.4 cm³/mol. The van der Waals surface area contributed by atoms with Crippen molar-refractivity contribution in [1.82, 2.24) is 9.88 Å². The molecule has 0 bridgehead atoms. The fraction of sp³-hybridized carbons (Fsp3) is 0.300. The maximum atomic E-state index is 11.6. The Morgan fingerprint density at radius 3 is 2.79 bits per heavy atom. The standard InChI is InChI=1S/C10H11N3O/c1-13(8-2-5-11)10(14)9-3-6-12-7-4-9/h3-4,6-7H,2,8H2,1H3. The Morgan fingerprint density at radius 2 is 2.21 bits per heavy atom. The molecule has 0 aliphatic carbocycles. The van der Waals surface area contributed by atoms with E-state index in [1.165, 1.54) is 4.90 Å². The minimum atomic E-state index is -0.0809. The van der Waals surface area contributed by atoms with Gasteiger partial charge in [0, 0.05) is 31.5 Å². The van der Waals surface area contributed by atoms with Crippen LogP contribution in [0.25, 0.3) is 0 Å². The van der Waals surface area contributed by atoms with E-state index in [9.17, 15) is 4.79 Å². The summed E-state index contributed by atoms with van der Waals surface area (Å²) in [7, 11) is 1.68. The molecule has 72 valence electrons. The molecule has 0 aliphatic rings. The van der Waals surface area contributed by atoms with Crippen LogP contribution in [0.2, 0.25) is 0 Å². The number of hydrogen-bond donors (Lipinski definition) is 0. The van der Waals surface area contributed by atoms with E-state index < -0.39 is 0 Å². The highest BCUT2D eigenvalue weighted by Crippen LogP contribution is 2.01. The number of carbonyl (C=O) groups is 1. The largest absolute Gasteiger partial charge is 0.341 e. The summed E-state index contributed by atoms with van der Waals surface area (Å²) in [5, 5.41) is 8.37. The first-order valence-corrected chi connectivity index (χ1v) is 4.28. The zero-order valence-electron chi connectivity index (χ0n) is 7.97. The first kappa shape index (κ1) is 10.2. The lowest BCUT2D eigenvalue weighted by atomic mass is 10.2. The lowest BCUT2D eigenvalue weighted by Gasteiger charge is -2.14. The van der Waals surface area contributed by atoms with Gasteiger partial charge in [0.25, 0.3) is 5.91 Å². The molecule has 0 atom stereocenters. The molecule has 1 heterocycles. The van der Waals surface area contributed by atoms with Crippen LogP contribution in [0.5, 0.6) is 0 Å². The maximum Gasteiger partial charge on any atom is 0.253 e. The van der Waals surface area contributed by atoms with E-state index in [-0.39, 0.29) is 5.91 Å². The molecule has 0 fully saturated rings. The minimum absolute atomic E-state index is 0.0809. The van der Waals surface area contributed by atoms with E-state index in [2.05, 4.69) is 4.98 Å². The molecule has 0 aromatic carbocycles. The van der Waals surface area contributed by atoms with Gasteiger partial charge >= 0.3 is 0 Å². The highest BCUT2D eigenvalue weighted by molar-refractivity contribution is 5.93. The Balaban J connectivity index is 2.63. The summed E-state index contributed by atoms with van der Waals surface area (Å²) < 4.78 is 0. The van der Waals surface area contributed by atoms with Crippen LogP contribution in [-0.2, 0) is 0 Å². The van der Waals surface area contributed by atoms with Gasteiger partial charge in [-0.05, 0) is 12.1 Å². The van der Waals surface area contributed by atoms with Crippen LogP contribution < -0.4 is 0 Å². The summed E-state index contributed by atoms with van der Waals surface area (Å²) in [4.78, 5) is 17.0. The van der Waals surface area contributed by atoms with E-state index in [1.54, 1.807) is 31.6 Å². The number of aromatic nitrogens is 1. The number of pyridine rings is 1. The summed E-state index contributed by atoms with van der Waals surface area (Å²) in [5.74, 6) is -0.0809. The molecule has 0 saturated heterocycles. The summed E-state index contributed by atoms with van der Waals surface area (Å²) in [6, 6.07) is 5.31. The Kier molecular flexibility index (Phi) is 3.62. The van der Waals surface area contributed by atoms with Gasteiger partial charge in [0.05, 0.1) is 12.5 Å². The van der Waals surface area contributed by atoms with E-state index in [1.807, 2.05) is 6.07 Å². The second-order valence-electron chi connectivity index (χ2n) is 2.87. The number of nitriles is 1. The molecule has 1 amide bonds. The monoisotopic (exact) mass is 189 g/mol. The molecule has 0 N–H and O–H groups in total. The number of amides is 1. The van der Waals surface area contributed by atoms with Crippen molar-refractivity contribution in [3.63, 3.8) is 0 Å². The smallest absolute Gasteiger partial charge is 0.253 e. The van der Waals surface area contributed by atoms with Gasteiger partial charge in [-0.1, -0.05) is 0 Å². The molecule has 1 rings (SSSR count). The van der Waals surface area contributed by atoms with E-state index in [4.69, 9.17) is 5.26 Å². The SMILES string of the molecule is CN(CCC#N)C(=O)c1ccncc1. The van der Waals surface area contributed by atoms with Crippen LogP contribution in [0, 0.1) is 11.3 Å². The Bertz CT molecular complexity index is 342. The average Bonchev–Trinajstić information content (AvgIpc) is 2.26. The van der Waals surface area contributed by atoms with Gasteiger partial charge in [-0.25, -0.2) is 0 Å². The van der Waals surface area contributed by atoms with Crippen molar-refractivity contribution in [2.75, 3.05) is 13.6 Å². The van der Waals surface area contributed by atoms with Crippen LogP contribution in [0.15, 0.2) is 24.5 Å². The molecule has 0 radical (unpaired) electrons. The van der Waals surface area contributed by atoms with Crippen LogP contribution in [0.4, 0.5) is 0 Å². The Labute approximate surface area is 82.8 Å². The van der Waals surface area contributed by atoms with Gasteiger partial charge in [-0.15, -0.1) is 0 Å². The maximum absolute atomic E-state index is 11.6. The molecule has 14 heavy (non-hydrogen) atoms. The zero-order chi connectivity index (χ0) is 10.4. The molecule has 0 unspecified atom stereocenters. The van der Waals surface area contributed by atoms with Crippen molar-refractivity contribution in [2.45, 2.75) is 6.42 Å². The van der Waals surface area contributed by atoms with Gasteiger partial charge in [-0.2, -0.15) is 5.26 Å². The third-order valence-electron chi connectivity index (χ3n) is 1.83. The molecule has 0 spiro atoms. The minimum Gasteiger partial charge on any atom is -0.341 e. The van der Waals surface area contributed by atoms with Crippen LogP contribution in [0.3, 0.4) is 0 Å². The summed E-state index contributed by atoms with van der Waals surface area (Å²) >= 11 is 0. The summed E-state index contributed by atoms with van der Waals surface area (Å²) in [6.07, 6.45) is 3.50. The van der Waals surface area contributed by atoms with Gasteiger partial charge in [0.15, 0.2) is 0 Å². The second kappa shape index (κ2) is 4.97. The van der Waals surface area contributed by atoms with Gasteiger partial charge in [0.2, 0.25) is 0 Å². The van der Waals surface area contributed by atoms with Crippen molar-refractivity contribution in [3.8, 4) is 6.07 Å². The molecule has 4 heteroatoms. The van der Waals surface area contributed by atoms with Crippen molar-refractivity contribution in [1.29, 1.82) is 5.26 Å². The quantitative estimate of drug-likeness (QED) is 0.714. The topological polar surface area (TPSA) is 57.0 Å². The van der Waals surface area contributed by atoms with E-state index in [0.29, 0.717) is 18.5 Å². The Morgan fingerprint density at radius 1 is 1.57 bits per heavy atom. The Hall–Kier alpha value is -1.89. The molecule has 4 nitrogen and oxygen atoms in total. The van der Waals surface area contributed by atoms with Crippen molar-refractivity contribution in [2.24, 2.45) is 0 Å². The van der Waals surface area contributed by atoms with Crippen LogP contribution >= 0.6 is 0 Å². The number of hydrogen-bond acceptors (Lipinski definition) is 3. The lowest BCUT2D eigenvalue weighted by Crippen LogP contribution is -2.27. The van der Waals surface area contributed by atoms with E-state index >= 15 is 0 Å². The third kappa shape index (κ3) is 2.56. The highest BCUT2D eigenvalue weighted by Gasteiger charge is 2.09. The molecule has 0 aliphatic heterocycles. The lowest BCUT2D eigenvalue weighted by molar-refractivity contribution is 0.0798.